The number of piperidine rings is 1. The second-order valence-corrected chi connectivity index (χ2v) is 6.90. The largest absolute Gasteiger partial charge is 0.340 e. The van der Waals surface area contributed by atoms with Crippen LogP contribution in [0.5, 0.6) is 0 Å². The first kappa shape index (κ1) is 13.3. The van der Waals surface area contributed by atoms with Gasteiger partial charge in [0, 0.05) is 32.2 Å². The zero-order valence-electron chi connectivity index (χ0n) is 12.1. The molecule has 0 N–H and O–H groups in total. The second-order valence-electron chi connectivity index (χ2n) is 6.90. The number of alkyl halides is 1. The molecule has 2 aliphatic heterocycles. The average Bonchev–Trinajstić information content (AvgIpc) is 3.06. The van der Waals surface area contributed by atoms with Gasteiger partial charge in [0.05, 0.1) is 0 Å². The summed E-state index contributed by atoms with van der Waals surface area (Å²) in [5, 5.41) is 0. The number of nitrogens with zero attached hydrogens (tertiary/aromatic N) is 2. The third-order valence-electron chi connectivity index (χ3n) is 5.23. The van der Waals surface area contributed by atoms with Crippen molar-refractivity contribution in [1.82, 2.24) is 9.80 Å². The molecule has 3 nitrogen and oxygen atoms in total. The van der Waals surface area contributed by atoms with Crippen molar-refractivity contribution in [2.45, 2.75) is 51.2 Å². The molecule has 1 aliphatic carbocycles. The fourth-order valence-corrected chi connectivity index (χ4v) is 3.45. The van der Waals surface area contributed by atoms with Gasteiger partial charge >= 0.3 is 0 Å². The quantitative estimate of drug-likeness (QED) is 0.782. The highest BCUT2D eigenvalue weighted by atomic mass is 19.1. The Morgan fingerprint density at radius 3 is 2.21 bits per heavy atom. The lowest BCUT2D eigenvalue weighted by Gasteiger charge is -2.48. The molecule has 1 amide bonds. The highest BCUT2D eigenvalue weighted by molar-refractivity contribution is 5.88. The predicted octanol–water partition coefficient (Wildman–Crippen LogP) is 2.07. The highest BCUT2D eigenvalue weighted by Crippen LogP contribution is 2.42. The Hall–Kier alpha value is -0.640. The number of halogens is 1. The van der Waals surface area contributed by atoms with E-state index in [2.05, 4.69) is 18.7 Å². The molecule has 3 aliphatic rings. The Kier molecular flexibility index (Phi) is 3.32. The van der Waals surface area contributed by atoms with Gasteiger partial charge in [-0.15, -0.1) is 0 Å². The first-order chi connectivity index (χ1) is 8.99. The van der Waals surface area contributed by atoms with Crippen molar-refractivity contribution in [1.29, 1.82) is 0 Å². The topological polar surface area (TPSA) is 23.6 Å². The summed E-state index contributed by atoms with van der Waals surface area (Å²) in [6.07, 6.45) is 3.02. The molecule has 1 saturated carbocycles. The van der Waals surface area contributed by atoms with Gasteiger partial charge in [0.15, 0.2) is 5.67 Å². The van der Waals surface area contributed by atoms with Crippen molar-refractivity contribution >= 4 is 5.91 Å². The average molecular weight is 268 g/mol. The normalized spacial score (nSPS) is 28.5. The molecule has 2 saturated heterocycles. The summed E-state index contributed by atoms with van der Waals surface area (Å²) in [4.78, 5) is 16.2. The fourth-order valence-electron chi connectivity index (χ4n) is 3.45. The molecule has 0 bridgehead atoms. The van der Waals surface area contributed by atoms with Crippen LogP contribution in [0, 0.1) is 11.8 Å². The summed E-state index contributed by atoms with van der Waals surface area (Å²) < 4.78 is 13.8. The number of rotatable bonds is 3. The Bertz CT molecular complexity index is 353. The Morgan fingerprint density at radius 1 is 1.16 bits per heavy atom. The van der Waals surface area contributed by atoms with Gasteiger partial charge in [0.25, 0.3) is 5.91 Å². The molecule has 2 heterocycles. The van der Waals surface area contributed by atoms with Crippen LogP contribution in [0.2, 0.25) is 0 Å². The van der Waals surface area contributed by atoms with Crippen molar-refractivity contribution in [2.24, 2.45) is 11.8 Å². The van der Waals surface area contributed by atoms with E-state index in [1.165, 1.54) is 13.1 Å². The summed E-state index contributed by atoms with van der Waals surface area (Å²) in [6, 6.07) is 0.652. The molecule has 108 valence electrons. The zero-order chi connectivity index (χ0) is 13.6. The van der Waals surface area contributed by atoms with Gasteiger partial charge in [-0.2, -0.15) is 0 Å². The lowest BCUT2D eigenvalue weighted by atomic mass is 9.79. The number of hydrogen-bond acceptors (Lipinski definition) is 2. The summed E-state index contributed by atoms with van der Waals surface area (Å²) in [7, 11) is 0. The van der Waals surface area contributed by atoms with Crippen LogP contribution >= 0.6 is 0 Å². The number of hydrogen-bond donors (Lipinski definition) is 0. The number of amides is 1. The monoisotopic (exact) mass is 268 g/mol. The summed E-state index contributed by atoms with van der Waals surface area (Å²) in [6.45, 7) is 8.45. The lowest BCUT2D eigenvalue weighted by molar-refractivity contribution is -0.140. The lowest BCUT2D eigenvalue weighted by Crippen LogP contribution is -2.55. The zero-order valence-corrected chi connectivity index (χ0v) is 12.1. The Morgan fingerprint density at radius 2 is 1.74 bits per heavy atom. The van der Waals surface area contributed by atoms with Crippen molar-refractivity contribution < 1.29 is 9.18 Å². The molecule has 0 atom stereocenters. The fraction of sp³-hybridized carbons (Fsp3) is 0.933. The van der Waals surface area contributed by atoms with Crippen molar-refractivity contribution in [3.8, 4) is 0 Å². The maximum Gasteiger partial charge on any atom is 0.260 e. The summed E-state index contributed by atoms with van der Waals surface area (Å²) in [5.74, 6) is 1.32. The van der Waals surface area contributed by atoms with Crippen LogP contribution in [0.25, 0.3) is 0 Å². The second kappa shape index (κ2) is 4.72. The van der Waals surface area contributed by atoms with E-state index >= 15 is 0 Å². The molecule has 3 fully saturated rings. The van der Waals surface area contributed by atoms with E-state index in [0.29, 0.717) is 18.9 Å². The highest BCUT2D eigenvalue weighted by Gasteiger charge is 2.53. The van der Waals surface area contributed by atoms with Crippen LogP contribution in [0.3, 0.4) is 0 Å². The third-order valence-corrected chi connectivity index (χ3v) is 5.23. The standard InChI is InChI=1S/C15H25FN2O/c1-11(2)18-9-13(10-18)12-3-7-17(8-4-12)14(19)15(16)5-6-15/h11-13H,3-10H2,1-2H3. The number of carbonyl (C=O) groups excluding carboxylic acids is 1. The van der Waals surface area contributed by atoms with E-state index in [1.54, 1.807) is 4.90 Å². The molecular formula is C15H25FN2O. The van der Waals surface area contributed by atoms with Gasteiger partial charge in [0.2, 0.25) is 0 Å². The molecule has 0 spiro atoms. The van der Waals surface area contributed by atoms with Crippen LogP contribution in [0.1, 0.15) is 39.5 Å². The minimum atomic E-state index is -1.47. The first-order valence-corrected chi connectivity index (χ1v) is 7.72. The van der Waals surface area contributed by atoms with Crippen molar-refractivity contribution in [2.75, 3.05) is 26.2 Å². The van der Waals surface area contributed by atoms with Crippen LogP contribution in [-0.4, -0.2) is 53.6 Å². The molecule has 0 unspecified atom stereocenters. The predicted molar refractivity (Wildman–Crippen MR) is 72.6 cm³/mol. The van der Waals surface area contributed by atoms with Crippen LogP contribution < -0.4 is 0 Å². The van der Waals surface area contributed by atoms with Gasteiger partial charge in [-0.05, 0) is 51.4 Å². The van der Waals surface area contributed by atoms with Crippen molar-refractivity contribution in [3.05, 3.63) is 0 Å². The van der Waals surface area contributed by atoms with Gasteiger partial charge in [-0.1, -0.05) is 0 Å². The smallest absolute Gasteiger partial charge is 0.260 e. The van der Waals surface area contributed by atoms with E-state index < -0.39 is 5.67 Å². The first-order valence-electron chi connectivity index (χ1n) is 7.72. The molecular weight excluding hydrogens is 243 g/mol. The van der Waals surface area contributed by atoms with Crippen LogP contribution in [0.4, 0.5) is 4.39 Å². The minimum Gasteiger partial charge on any atom is -0.340 e. The molecule has 0 radical (unpaired) electrons. The Balaban J connectivity index is 1.44. The van der Waals surface area contributed by atoms with Gasteiger partial charge in [-0.25, -0.2) is 4.39 Å². The molecule has 4 heteroatoms. The summed E-state index contributed by atoms with van der Waals surface area (Å²) in [5.41, 5.74) is -1.47. The van der Waals surface area contributed by atoms with E-state index in [-0.39, 0.29) is 5.91 Å². The number of likely N-dealkylation sites (tertiary alicyclic amines) is 2. The summed E-state index contributed by atoms with van der Waals surface area (Å²) >= 11 is 0. The maximum atomic E-state index is 13.8. The van der Waals surface area contributed by atoms with Crippen LogP contribution in [0.15, 0.2) is 0 Å². The van der Waals surface area contributed by atoms with Gasteiger partial charge < -0.3 is 9.80 Å². The maximum absolute atomic E-state index is 13.8. The van der Waals surface area contributed by atoms with E-state index in [1.807, 2.05) is 0 Å². The molecule has 0 aromatic heterocycles. The molecule has 0 aromatic rings. The molecule has 0 aromatic carbocycles. The Labute approximate surface area is 115 Å². The third kappa shape index (κ3) is 2.51. The van der Waals surface area contributed by atoms with Crippen LogP contribution in [-0.2, 0) is 4.79 Å². The molecule has 3 rings (SSSR count). The van der Waals surface area contributed by atoms with E-state index in [4.69, 9.17) is 0 Å². The number of carbonyl (C=O) groups is 1. The molecule has 19 heavy (non-hydrogen) atoms. The van der Waals surface area contributed by atoms with Crippen molar-refractivity contribution in [3.63, 3.8) is 0 Å². The SMILES string of the molecule is CC(C)N1CC(C2CCN(C(=O)C3(F)CC3)CC2)C1. The van der Waals surface area contributed by atoms with Gasteiger partial charge in [-0.3, -0.25) is 4.79 Å². The minimum absolute atomic E-state index is 0.233. The van der Waals surface area contributed by atoms with Gasteiger partial charge in [0.1, 0.15) is 0 Å². The van der Waals surface area contributed by atoms with E-state index in [9.17, 15) is 9.18 Å². The van der Waals surface area contributed by atoms with E-state index in [0.717, 1.165) is 37.8 Å².